The summed E-state index contributed by atoms with van der Waals surface area (Å²) in [5.74, 6) is -3.19. The summed E-state index contributed by atoms with van der Waals surface area (Å²) >= 11 is 0. The van der Waals surface area contributed by atoms with Gasteiger partial charge in [-0.05, 0) is 48.0 Å². The number of hydrogen-bond donors (Lipinski definition) is 1. The Kier molecular flexibility index (Phi) is 6.33. The lowest BCUT2D eigenvalue weighted by Crippen LogP contribution is -2.31. The summed E-state index contributed by atoms with van der Waals surface area (Å²) in [5.41, 5.74) is 2.81. The Morgan fingerprint density at radius 2 is 1.86 bits per heavy atom. The van der Waals surface area contributed by atoms with Crippen LogP contribution in [0.2, 0.25) is 0 Å². The van der Waals surface area contributed by atoms with E-state index in [0.717, 1.165) is 31.7 Å². The number of sulfone groups is 1. The Morgan fingerprint density at radius 3 is 2.49 bits per heavy atom. The van der Waals surface area contributed by atoms with Crippen molar-refractivity contribution in [3.63, 3.8) is 0 Å². The molecule has 4 aromatic rings. The molecule has 2 unspecified atom stereocenters. The van der Waals surface area contributed by atoms with Gasteiger partial charge in [-0.2, -0.15) is 0 Å². The predicted octanol–water partition coefficient (Wildman–Crippen LogP) is 5.20. The molecule has 0 spiro atoms. The normalized spacial score (nSPS) is 15.7. The number of nitrogens with zero attached hydrogens (tertiary/aromatic N) is 3. The van der Waals surface area contributed by atoms with Crippen LogP contribution >= 0.6 is 18.5 Å². The van der Waals surface area contributed by atoms with Gasteiger partial charge in [0.1, 0.15) is 5.69 Å². The summed E-state index contributed by atoms with van der Waals surface area (Å²) in [6, 6.07) is 10.1. The van der Waals surface area contributed by atoms with Crippen molar-refractivity contribution in [2.24, 2.45) is 0 Å². The van der Waals surface area contributed by atoms with Gasteiger partial charge in [0.2, 0.25) is 0 Å². The molecule has 12 heteroatoms. The first kappa shape index (κ1) is 26.3. The number of halogens is 2. The van der Waals surface area contributed by atoms with Crippen LogP contribution in [0.25, 0.3) is 33.7 Å². The minimum absolute atomic E-state index is 0.0266. The second kappa shape index (κ2) is 8.89. The lowest BCUT2D eigenvalue weighted by atomic mass is 9.83. The molecule has 0 saturated heterocycles. The highest BCUT2D eigenvalue weighted by Crippen LogP contribution is 2.60. The molecule has 0 aromatic carbocycles. The number of H-pyrrole nitrogens is 1. The third-order valence-electron chi connectivity index (χ3n) is 6.91. The van der Waals surface area contributed by atoms with Crippen molar-refractivity contribution in [1.82, 2.24) is 19.9 Å². The van der Waals surface area contributed by atoms with Gasteiger partial charge >= 0.3 is 0 Å². The fourth-order valence-corrected chi connectivity index (χ4v) is 6.40. The molecule has 5 rings (SSSR count). The van der Waals surface area contributed by atoms with E-state index in [4.69, 9.17) is 12.8 Å². The van der Waals surface area contributed by atoms with Crippen LogP contribution in [0.3, 0.4) is 0 Å². The van der Waals surface area contributed by atoms with E-state index in [1.165, 1.54) is 6.07 Å². The standard InChI is InChI=1S/C25H25BF2N4O2P2S/c1-3-37(33,34)20-9-14(16-5-4-6-21(32-16)24(7-8-24)25(26,35)36)12-30-22(20)19-11-17-18(31-19)10-15(13-29-17)23(2,27)28/h4-6,9-13,31H,3,7-8,35-36H2,1-2H3. The first-order valence-corrected chi connectivity index (χ1v) is 14.5. The van der Waals surface area contributed by atoms with Crippen LogP contribution in [0.5, 0.6) is 0 Å². The maximum Gasteiger partial charge on any atom is 0.272 e. The maximum atomic E-state index is 13.8. The van der Waals surface area contributed by atoms with Gasteiger partial charge in [0, 0.05) is 41.6 Å². The van der Waals surface area contributed by atoms with Gasteiger partial charge in [0.15, 0.2) is 9.84 Å². The minimum atomic E-state index is -3.70. The number of aromatic amines is 1. The number of alkyl halides is 2. The second-order valence-electron chi connectivity index (χ2n) is 9.63. The molecule has 2 radical (unpaired) electrons. The Morgan fingerprint density at radius 1 is 1.14 bits per heavy atom. The quantitative estimate of drug-likeness (QED) is 0.250. The fourth-order valence-electron chi connectivity index (χ4n) is 4.45. The topological polar surface area (TPSA) is 88.6 Å². The van der Waals surface area contributed by atoms with Crippen molar-refractivity contribution in [3.05, 3.63) is 60.0 Å². The maximum absolute atomic E-state index is 13.8. The molecule has 1 N–H and O–H groups in total. The lowest BCUT2D eigenvalue weighted by molar-refractivity contribution is 0.0173. The number of hydrogen-bond acceptors (Lipinski definition) is 5. The summed E-state index contributed by atoms with van der Waals surface area (Å²) in [4.78, 5) is 15.9. The van der Waals surface area contributed by atoms with Crippen LogP contribution in [-0.2, 0) is 21.2 Å². The third kappa shape index (κ3) is 4.73. The molecule has 1 saturated carbocycles. The average Bonchev–Trinajstić information content (AvgIpc) is 3.57. The van der Waals surface area contributed by atoms with Gasteiger partial charge in [0.05, 0.1) is 40.9 Å². The molecule has 2 atom stereocenters. The number of fused-ring (bicyclic) bond motifs is 1. The molecule has 1 aliphatic rings. The summed E-state index contributed by atoms with van der Waals surface area (Å²) in [5, 5.41) is 0. The van der Waals surface area contributed by atoms with Gasteiger partial charge in [-0.3, -0.25) is 15.0 Å². The number of aromatic nitrogens is 4. The fraction of sp³-hybridized carbons (Fsp3) is 0.320. The largest absolute Gasteiger partial charge is 0.352 e. The monoisotopic (exact) mass is 556 g/mol. The van der Waals surface area contributed by atoms with Crippen LogP contribution in [0.4, 0.5) is 8.78 Å². The first-order valence-electron chi connectivity index (χ1n) is 11.7. The van der Waals surface area contributed by atoms with E-state index in [-0.39, 0.29) is 27.3 Å². The summed E-state index contributed by atoms with van der Waals surface area (Å²) in [7, 11) is 8.02. The van der Waals surface area contributed by atoms with Crippen molar-refractivity contribution >= 4 is 47.2 Å². The van der Waals surface area contributed by atoms with Gasteiger partial charge in [0.25, 0.3) is 5.92 Å². The highest BCUT2D eigenvalue weighted by atomic mass is 32.2. The number of rotatable bonds is 7. The van der Waals surface area contributed by atoms with Crippen molar-refractivity contribution in [3.8, 4) is 22.6 Å². The molecule has 4 heterocycles. The molecule has 0 aliphatic heterocycles. The molecule has 37 heavy (non-hydrogen) atoms. The van der Waals surface area contributed by atoms with E-state index in [9.17, 15) is 17.2 Å². The Hall–Kier alpha value is -2.28. The first-order chi connectivity index (χ1) is 17.2. The van der Waals surface area contributed by atoms with Crippen LogP contribution in [-0.4, -0.2) is 46.7 Å². The average molecular weight is 556 g/mol. The molecule has 0 amide bonds. The van der Waals surface area contributed by atoms with Gasteiger partial charge < -0.3 is 4.98 Å². The zero-order valence-corrected chi connectivity index (χ0v) is 23.4. The SMILES string of the molecule is [B]C(P)(P)C1(c2cccc(-c3cnc(-c4cc5ncc(C(C)(F)F)cc5[nH]4)c(S(=O)(=O)CC)c3)n2)CC1. The Labute approximate surface area is 220 Å². The Bertz CT molecular complexity index is 1630. The van der Waals surface area contributed by atoms with Crippen molar-refractivity contribution < 1.29 is 17.2 Å². The highest BCUT2D eigenvalue weighted by molar-refractivity contribution is 7.91. The molecule has 4 aromatic heterocycles. The van der Waals surface area contributed by atoms with Gasteiger partial charge in [-0.15, -0.1) is 18.5 Å². The van der Waals surface area contributed by atoms with E-state index in [2.05, 4.69) is 33.4 Å². The summed E-state index contributed by atoms with van der Waals surface area (Å²) in [6.07, 6.45) is 4.49. The van der Waals surface area contributed by atoms with Gasteiger partial charge in [-0.1, -0.05) is 13.0 Å². The molecular formula is C25H25BF2N4O2P2S. The van der Waals surface area contributed by atoms with Crippen molar-refractivity contribution in [1.29, 1.82) is 0 Å². The van der Waals surface area contributed by atoms with E-state index in [1.807, 2.05) is 18.2 Å². The molecule has 6 nitrogen and oxygen atoms in total. The molecular weight excluding hydrogens is 531 g/mol. The molecule has 1 aliphatic carbocycles. The van der Waals surface area contributed by atoms with E-state index < -0.39 is 20.6 Å². The number of pyridine rings is 3. The molecule has 1 fully saturated rings. The minimum Gasteiger partial charge on any atom is -0.352 e. The predicted molar refractivity (Wildman–Crippen MR) is 149 cm³/mol. The van der Waals surface area contributed by atoms with E-state index in [1.54, 1.807) is 25.3 Å². The van der Waals surface area contributed by atoms with Crippen LogP contribution in [0, 0.1) is 0 Å². The smallest absolute Gasteiger partial charge is 0.272 e. The summed E-state index contributed by atoms with van der Waals surface area (Å²) < 4.78 is 53.9. The van der Waals surface area contributed by atoms with Crippen molar-refractivity contribution in [2.75, 3.05) is 5.75 Å². The second-order valence-corrected chi connectivity index (χ2v) is 14.4. The molecule has 190 valence electrons. The highest BCUT2D eigenvalue weighted by Gasteiger charge is 2.54. The Balaban J connectivity index is 1.62. The lowest BCUT2D eigenvalue weighted by Gasteiger charge is -2.30. The molecule has 0 bridgehead atoms. The van der Waals surface area contributed by atoms with Crippen LogP contribution in [0.15, 0.2) is 53.7 Å². The van der Waals surface area contributed by atoms with Crippen LogP contribution in [0.1, 0.15) is 37.9 Å². The summed E-state index contributed by atoms with van der Waals surface area (Å²) in [6.45, 7) is 2.36. The van der Waals surface area contributed by atoms with Crippen molar-refractivity contribution in [2.45, 2.75) is 47.7 Å². The van der Waals surface area contributed by atoms with Gasteiger partial charge in [-0.25, -0.2) is 17.2 Å². The third-order valence-corrected chi connectivity index (χ3v) is 9.76. The zero-order valence-electron chi connectivity index (χ0n) is 20.3. The van der Waals surface area contributed by atoms with E-state index >= 15 is 0 Å². The number of nitrogens with one attached hydrogen (secondary N) is 1. The van der Waals surface area contributed by atoms with E-state index in [0.29, 0.717) is 28.0 Å². The van der Waals surface area contributed by atoms with Crippen LogP contribution < -0.4 is 0 Å². The zero-order chi connectivity index (χ0) is 26.8.